The first-order chi connectivity index (χ1) is 5.55. The van der Waals surface area contributed by atoms with Crippen LogP contribution < -0.4 is 0 Å². The maximum absolute atomic E-state index is 11.3. The third-order valence-electron chi connectivity index (χ3n) is 0.953. The van der Waals surface area contributed by atoms with E-state index in [1.54, 1.807) is 0 Å². The van der Waals surface area contributed by atoms with E-state index in [0.29, 0.717) is 0 Å². The van der Waals surface area contributed by atoms with Crippen LogP contribution in [0.3, 0.4) is 0 Å². The maximum Gasteiger partial charge on any atom is 0.450 e. The van der Waals surface area contributed by atoms with Crippen LogP contribution in [0.5, 0.6) is 0 Å². The van der Waals surface area contributed by atoms with Crippen molar-refractivity contribution < 1.29 is 58.3 Å². The van der Waals surface area contributed by atoms with E-state index in [0.717, 1.165) is 0 Å². The summed E-state index contributed by atoms with van der Waals surface area (Å²) < 4.78 is 68.0. The number of halogens is 6. The molecule has 0 spiro atoms. The van der Waals surface area contributed by atoms with Gasteiger partial charge in [-0.05, 0) is 0 Å². The van der Waals surface area contributed by atoms with Gasteiger partial charge in [-0.25, -0.2) is 0 Å². The molecule has 0 saturated carbocycles. The van der Waals surface area contributed by atoms with Crippen molar-refractivity contribution in [2.24, 2.45) is 0 Å². The van der Waals surface area contributed by atoms with Crippen molar-refractivity contribution in [1.82, 2.24) is 0 Å². The number of hydrogen-bond donors (Lipinski definition) is 0. The Kier molecular flexibility index (Phi) is 5.69. The SMILES string of the molecule is O=C(CC(=O)C(F)(F)F)C(F)(F)F.[Ag]. The van der Waals surface area contributed by atoms with Gasteiger partial charge >= 0.3 is 12.4 Å². The Morgan fingerprint density at radius 1 is 0.786 bits per heavy atom. The van der Waals surface area contributed by atoms with E-state index in [-0.39, 0.29) is 22.4 Å². The van der Waals surface area contributed by atoms with Gasteiger partial charge in [0.2, 0.25) is 11.6 Å². The summed E-state index contributed by atoms with van der Waals surface area (Å²) in [5.41, 5.74) is 0. The molecule has 0 aliphatic rings. The van der Waals surface area contributed by atoms with Crippen LogP contribution in [-0.2, 0) is 32.0 Å². The van der Waals surface area contributed by atoms with Gasteiger partial charge < -0.3 is 0 Å². The van der Waals surface area contributed by atoms with E-state index in [4.69, 9.17) is 0 Å². The van der Waals surface area contributed by atoms with Gasteiger partial charge in [0, 0.05) is 22.4 Å². The molecule has 14 heavy (non-hydrogen) atoms. The second-order valence-electron chi connectivity index (χ2n) is 2.02. The molecule has 0 saturated heterocycles. The van der Waals surface area contributed by atoms with Gasteiger partial charge in [0.15, 0.2) is 0 Å². The summed E-state index contributed by atoms with van der Waals surface area (Å²) in [6.45, 7) is 0. The molecule has 0 N–H and O–H groups in total. The maximum atomic E-state index is 11.3. The molecular weight excluding hydrogens is 314 g/mol. The normalized spacial score (nSPS) is 11.9. The predicted molar refractivity (Wildman–Crippen MR) is 26.7 cm³/mol. The molecule has 0 fully saturated rings. The molecule has 0 aromatic carbocycles. The molecule has 0 aromatic rings. The molecule has 87 valence electrons. The molecule has 0 amide bonds. The minimum atomic E-state index is -5.40. The Balaban J connectivity index is 0. The molecule has 0 aromatic heterocycles. The van der Waals surface area contributed by atoms with Gasteiger partial charge in [0.1, 0.15) is 0 Å². The third-order valence-corrected chi connectivity index (χ3v) is 0.953. The fraction of sp³-hybridized carbons (Fsp3) is 0.600. The number of rotatable bonds is 2. The van der Waals surface area contributed by atoms with Crippen molar-refractivity contribution in [3.05, 3.63) is 0 Å². The van der Waals surface area contributed by atoms with Crippen LogP contribution in [0.25, 0.3) is 0 Å². The van der Waals surface area contributed by atoms with Crippen LogP contribution in [0.2, 0.25) is 0 Å². The van der Waals surface area contributed by atoms with Crippen LogP contribution in [-0.4, -0.2) is 23.9 Å². The summed E-state index contributed by atoms with van der Waals surface area (Å²) in [7, 11) is 0. The average Bonchev–Trinajstić information content (AvgIpc) is 1.82. The summed E-state index contributed by atoms with van der Waals surface area (Å²) in [6.07, 6.45) is -13.0. The summed E-state index contributed by atoms with van der Waals surface area (Å²) in [4.78, 5) is 19.8. The van der Waals surface area contributed by atoms with E-state index < -0.39 is 30.3 Å². The van der Waals surface area contributed by atoms with Crippen LogP contribution in [0, 0.1) is 0 Å². The fourth-order valence-corrected chi connectivity index (χ4v) is 0.346. The number of carbonyl (C=O) groups is 2. The Morgan fingerprint density at radius 2 is 1.00 bits per heavy atom. The van der Waals surface area contributed by atoms with E-state index in [2.05, 4.69) is 0 Å². The molecule has 0 atom stereocenters. The first-order valence-corrected chi connectivity index (χ1v) is 2.75. The Bertz CT molecular complexity index is 205. The second-order valence-corrected chi connectivity index (χ2v) is 2.02. The summed E-state index contributed by atoms with van der Waals surface area (Å²) in [5.74, 6) is -5.40. The minimum absolute atomic E-state index is 0. The number of hydrogen-bond acceptors (Lipinski definition) is 2. The Morgan fingerprint density at radius 3 is 1.14 bits per heavy atom. The molecule has 1 radical (unpaired) electrons. The molecule has 0 bridgehead atoms. The Labute approximate surface area is 89.1 Å². The molecule has 0 rings (SSSR count). The Hall–Kier alpha value is -0.340. The van der Waals surface area contributed by atoms with Crippen LogP contribution in [0.4, 0.5) is 26.3 Å². The molecule has 9 heteroatoms. The first kappa shape index (κ1) is 16.1. The van der Waals surface area contributed by atoms with Gasteiger partial charge in [0.25, 0.3) is 0 Å². The van der Waals surface area contributed by atoms with Crippen molar-refractivity contribution in [2.45, 2.75) is 18.8 Å². The van der Waals surface area contributed by atoms with Gasteiger partial charge in [-0.2, -0.15) is 26.3 Å². The smallest absolute Gasteiger partial charge is 0.289 e. The topological polar surface area (TPSA) is 34.1 Å². The van der Waals surface area contributed by atoms with Crippen LogP contribution >= 0.6 is 0 Å². The van der Waals surface area contributed by atoms with Gasteiger partial charge in [-0.3, -0.25) is 9.59 Å². The fourth-order valence-electron chi connectivity index (χ4n) is 0.346. The quantitative estimate of drug-likeness (QED) is 0.441. The number of carbonyl (C=O) groups excluding carboxylic acids is 2. The summed E-state index contributed by atoms with van der Waals surface area (Å²) >= 11 is 0. The second kappa shape index (κ2) is 4.94. The number of Topliss-reactive ketones (excluding diaryl/α,β-unsaturated/α-hetero) is 2. The zero-order valence-corrected chi connectivity index (χ0v) is 7.58. The molecule has 0 unspecified atom stereocenters. The zero-order chi connectivity index (χ0) is 10.9. The average molecular weight is 316 g/mol. The van der Waals surface area contributed by atoms with E-state index >= 15 is 0 Å². The van der Waals surface area contributed by atoms with E-state index in [1.165, 1.54) is 0 Å². The van der Waals surface area contributed by atoms with Crippen molar-refractivity contribution >= 4 is 11.6 Å². The monoisotopic (exact) mass is 315 g/mol. The first-order valence-electron chi connectivity index (χ1n) is 2.75. The number of ketones is 2. The number of alkyl halides is 6. The van der Waals surface area contributed by atoms with Crippen molar-refractivity contribution in [3.8, 4) is 0 Å². The van der Waals surface area contributed by atoms with E-state index in [9.17, 15) is 35.9 Å². The summed E-state index contributed by atoms with van der Waals surface area (Å²) in [6, 6.07) is 0. The molecular formula is C5H2AgF6O2. The predicted octanol–water partition coefficient (Wildman–Crippen LogP) is 1.64. The largest absolute Gasteiger partial charge is 0.450 e. The van der Waals surface area contributed by atoms with Gasteiger partial charge in [-0.15, -0.1) is 0 Å². The minimum Gasteiger partial charge on any atom is -0.289 e. The zero-order valence-electron chi connectivity index (χ0n) is 6.09. The van der Waals surface area contributed by atoms with E-state index in [1.807, 2.05) is 0 Å². The molecule has 0 aliphatic heterocycles. The van der Waals surface area contributed by atoms with Gasteiger partial charge in [0.05, 0.1) is 6.42 Å². The molecule has 0 heterocycles. The van der Waals surface area contributed by atoms with Crippen molar-refractivity contribution in [2.75, 3.05) is 0 Å². The molecule has 0 aliphatic carbocycles. The summed E-state index contributed by atoms with van der Waals surface area (Å²) in [5, 5.41) is 0. The van der Waals surface area contributed by atoms with Crippen LogP contribution in [0.1, 0.15) is 6.42 Å². The van der Waals surface area contributed by atoms with Crippen molar-refractivity contribution in [3.63, 3.8) is 0 Å². The molecule has 2 nitrogen and oxygen atoms in total. The van der Waals surface area contributed by atoms with Crippen molar-refractivity contribution in [1.29, 1.82) is 0 Å². The third kappa shape index (κ3) is 5.40. The van der Waals surface area contributed by atoms with Gasteiger partial charge in [-0.1, -0.05) is 0 Å². The standard InChI is InChI=1S/C5H2F6O2.Ag/c6-4(7,8)2(12)1-3(13)5(9,10)11;/h1H2;. The van der Waals surface area contributed by atoms with Crippen LogP contribution in [0.15, 0.2) is 0 Å².